The van der Waals surface area contributed by atoms with Crippen molar-refractivity contribution in [3.63, 3.8) is 0 Å². The number of carbonyl (C=O) groups excluding carboxylic acids is 1. The second-order valence-electron chi connectivity index (χ2n) is 4.19. The second-order valence-corrected chi connectivity index (χ2v) is 4.19. The Morgan fingerprint density at radius 1 is 1.29 bits per heavy atom. The number of Topliss-reactive ketones (excluding diaryl/α,β-unsaturated/α-hetero) is 1. The number of ketones is 1. The fourth-order valence-corrected chi connectivity index (χ4v) is 1.88. The number of ether oxygens (including phenoxy) is 1. The van der Waals surface area contributed by atoms with Crippen molar-refractivity contribution in [1.29, 1.82) is 0 Å². The molecule has 17 heavy (non-hydrogen) atoms. The van der Waals surface area contributed by atoms with Crippen molar-refractivity contribution in [2.45, 2.75) is 12.8 Å². The predicted molar refractivity (Wildman–Crippen MR) is 62.6 cm³/mol. The van der Waals surface area contributed by atoms with Gasteiger partial charge in [-0.05, 0) is 12.1 Å². The number of piperidine rings is 1. The molecule has 1 aromatic carbocycles. The molecule has 1 fully saturated rings. The van der Waals surface area contributed by atoms with Crippen LogP contribution in [0.25, 0.3) is 0 Å². The van der Waals surface area contributed by atoms with Crippen molar-refractivity contribution in [3.8, 4) is 5.75 Å². The van der Waals surface area contributed by atoms with Crippen molar-refractivity contribution in [1.82, 2.24) is 4.90 Å². The molecule has 0 saturated carbocycles. The Kier molecular flexibility index (Phi) is 4.09. The molecule has 1 aliphatic heterocycles. The molecule has 0 bridgehead atoms. The Hall–Kier alpha value is -1.42. The summed E-state index contributed by atoms with van der Waals surface area (Å²) in [6.07, 6.45) is 1.28. The van der Waals surface area contributed by atoms with E-state index < -0.39 is 0 Å². The van der Waals surface area contributed by atoms with E-state index in [0.717, 1.165) is 19.6 Å². The summed E-state index contributed by atoms with van der Waals surface area (Å²) < 4.78 is 18.3. The maximum atomic E-state index is 12.9. The van der Waals surface area contributed by atoms with Crippen molar-refractivity contribution < 1.29 is 13.9 Å². The van der Waals surface area contributed by atoms with Crippen LogP contribution in [-0.4, -0.2) is 36.9 Å². The Morgan fingerprint density at radius 3 is 2.76 bits per heavy atom. The molecule has 1 heterocycles. The lowest BCUT2D eigenvalue weighted by atomic mass is 10.1. The quantitative estimate of drug-likeness (QED) is 0.800. The van der Waals surface area contributed by atoms with Gasteiger partial charge in [-0.25, -0.2) is 4.39 Å². The summed E-state index contributed by atoms with van der Waals surface area (Å²) in [6.45, 7) is 2.93. The van der Waals surface area contributed by atoms with Gasteiger partial charge in [-0.15, -0.1) is 0 Å². The summed E-state index contributed by atoms with van der Waals surface area (Å²) >= 11 is 0. The molecule has 0 N–H and O–H groups in total. The summed E-state index contributed by atoms with van der Waals surface area (Å²) in [5.74, 6) is 0.608. The molecule has 0 aliphatic carbocycles. The maximum absolute atomic E-state index is 12.9. The first kappa shape index (κ1) is 12.0. The number of hydrogen-bond donors (Lipinski definition) is 0. The van der Waals surface area contributed by atoms with Crippen LogP contribution < -0.4 is 4.74 Å². The van der Waals surface area contributed by atoms with E-state index in [1.54, 1.807) is 12.1 Å². The Balaban J connectivity index is 1.71. The van der Waals surface area contributed by atoms with Gasteiger partial charge < -0.3 is 4.74 Å². The fourth-order valence-electron chi connectivity index (χ4n) is 1.88. The lowest BCUT2D eigenvalue weighted by Crippen LogP contribution is -2.36. The van der Waals surface area contributed by atoms with Crippen LogP contribution in [0.5, 0.6) is 5.75 Å². The molecular formula is C13H16FNO2. The Bertz CT molecular complexity index is 385. The van der Waals surface area contributed by atoms with Crippen LogP contribution in [0, 0.1) is 5.82 Å². The molecule has 2 rings (SSSR count). The molecule has 3 nitrogen and oxygen atoms in total. The fraction of sp³-hybridized carbons (Fsp3) is 0.462. The number of likely N-dealkylation sites (tertiary alicyclic amines) is 1. The highest BCUT2D eigenvalue weighted by atomic mass is 19.1. The summed E-state index contributed by atoms with van der Waals surface area (Å²) in [4.78, 5) is 13.2. The summed E-state index contributed by atoms with van der Waals surface area (Å²) in [5, 5.41) is 0. The van der Waals surface area contributed by atoms with Crippen LogP contribution in [0.1, 0.15) is 12.8 Å². The third-order valence-electron chi connectivity index (χ3n) is 2.89. The minimum Gasteiger partial charge on any atom is -0.492 e. The highest BCUT2D eigenvalue weighted by Crippen LogP contribution is 2.12. The van der Waals surface area contributed by atoms with Crippen LogP contribution in [0.15, 0.2) is 24.3 Å². The standard InChI is InChI=1S/C13H16FNO2/c14-11-2-1-3-13(10-11)17-9-8-15-6-4-12(16)5-7-15/h1-3,10H,4-9H2. The normalized spacial score (nSPS) is 17.1. The van der Waals surface area contributed by atoms with Crippen LogP contribution >= 0.6 is 0 Å². The van der Waals surface area contributed by atoms with Crippen molar-refractivity contribution >= 4 is 5.78 Å². The number of halogens is 1. The lowest BCUT2D eigenvalue weighted by Gasteiger charge is -2.25. The van der Waals surface area contributed by atoms with Gasteiger partial charge in [0.2, 0.25) is 0 Å². The predicted octanol–water partition coefficient (Wildman–Crippen LogP) is 1.87. The van der Waals surface area contributed by atoms with E-state index in [1.807, 2.05) is 0 Å². The second kappa shape index (κ2) is 5.77. The van der Waals surface area contributed by atoms with Gasteiger partial charge >= 0.3 is 0 Å². The van der Waals surface area contributed by atoms with Crippen molar-refractivity contribution in [2.24, 2.45) is 0 Å². The van der Waals surface area contributed by atoms with Crippen molar-refractivity contribution in [2.75, 3.05) is 26.2 Å². The average molecular weight is 237 g/mol. The smallest absolute Gasteiger partial charge is 0.135 e. The van der Waals surface area contributed by atoms with E-state index in [4.69, 9.17) is 4.74 Å². The largest absolute Gasteiger partial charge is 0.492 e. The summed E-state index contributed by atoms with van der Waals surface area (Å²) in [7, 11) is 0. The van der Waals surface area contributed by atoms with E-state index in [-0.39, 0.29) is 5.82 Å². The van der Waals surface area contributed by atoms with E-state index >= 15 is 0 Å². The number of nitrogens with zero attached hydrogens (tertiary/aromatic N) is 1. The summed E-state index contributed by atoms with van der Waals surface area (Å²) in [6, 6.07) is 6.13. The minimum atomic E-state index is -0.286. The molecule has 1 aromatic rings. The summed E-state index contributed by atoms with van der Waals surface area (Å²) in [5.41, 5.74) is 0. The molecule has 0 aromatic heterocycles. The highest BCUT2D eigenvalue weighted by molar-refractivity contribution is 5.79. The third-order valence-corrected chi connectivity index (χ3v) is 2.89. The number of hydrogen-bond acceptors (Lipinski definition) is 3. The molecule has 0 spiro atoms. The van der Waals surface area contributed by atoms with E-state index in [0.29, 0.717) is 31.0 Å². The topological polar surface area (TPSA) is 29.5 Å². The Morgan fingerprint density at radius 2 is 2.06 bits per heavy atom. The molecule has 0 amide bonds. The van der Waals surface area contributed by atoms with Crippen molar-refractivity contribution in [3.05, 3.63) is 30.1 Å². The van der Waals surface area contributed by atoms with E-state index in [9.17, 15) is 9.18 Å². The van der Waals surface area contributed by atoms with Gasteiger partial charge in [-0.2, -0.15) is 0 Å². The zero-order valence-corrected chi connectivity index (χ0v) is 9.69. The first-order valence-corrected chi connectivity index (χ1v) is 5.86. The maximum Gasteiger partial charge on any atom is 0.135 e. The van der Waals surface area contributed by atoms with Gasteiger partial charge in [0.25, 0.3) is 0 Å². The van der Waals surface area contributed by atoms with Crippen LogP contribution in [0.2, 0.25) is 0 Å². The van der Waals surface area contributed by atoms with Gasteiger partial charge in [0.15, 0.2) is 0 Å². The molecule has 1 aliphatic rings. The van der Waals surface area contributed by atoms with Gasteiger partial charge in [0.1, 0.15) is 24.0 Å². The molecule has 92 valence electrons. The van der Waals surface area contributed by atoms with Crippen LogP contribution in [0.4, 0.5) is 4.39 Å². The average Bonchev–Trinajstić information content (AvgIpc) is 2.32. The number of carbonyl (C=O) groups is 1. The Labute approximate surface area is 100 Å². The highest BCUT2D eigenvalue weighted by Gasteiger charge is 2.15. The zero-order valence-electron chi connectivity index (χ0n) is 9.69. The molecule has 0 atom stereocenters. The van der Waals surface area contributed by atoms with Crippen LogP contribution in [-0.2, 0) is 4.79 Å². The van der Waals surface area contributed by atoms with Gasteiger partial charge in [-0.1, -0.05) is 6.07 Å². The monoisotopic (exact) mass is 237 g/mol. The van der Waals surface area contributed by atoms with E-state index in [2.05, 4.69) is 4.90 Å². The molecule has 0 radical (unpaired) electrons. The molecule has 0 unspecified atom stereocenters. The third kappa shape index (κ3) is 3.82. The molecule has 1 saturated heterocycles. The van der Waals surface area contributed by atoms with Gasteiger partial charge in [-0.3, -0.25) is 9.69 Å². The molecular weight excluding hydrogens is 221 g/mol. The first-order valence-electron chi connectivity index (χ1n) is 5.86. The zero-order chi connectivity index (χ0) is 12.1. The molecule has 4 heteroatoms. The minimum absolute atomic E-state index is 0.286. The van der Waals surface area contributed by atoms with Crippen LogP contribution in [0.3, 0.4) is 0 Å². The number of rotatable bonds is 4. The lowest BCUT2D eigenvalue weighted by molar-refractivity contribution is -0.121. The SMILES string of the molecule is O=C1CCN(CCOc2cccc(F)c2)CC1. The van der Waals surface area contributed by atoms with Gasteiger partial charge in [0.05, 0.1) is 0 Å². The first-order chi connectivity index (χ1) is 8.24. The number of benzene rings is 1. The van der Waals surface area contributed by atoms with Gasteiger partial charge in [0, 0.05) is 38.5 Å². The van der Waals surface area contributed by atoms with E-state index in [1.165, 1.54) is 12.1 Å².